The van der Waals surface area contributed by atoms with Crippen LogP contribution in [0.1, 0.15) is 26.0 Å². The molecule has 0 saturated heterocycles. The van der Waals surface area contributed by atoms with Crippen LogP contribution in [0.15, 0.2) is 248 Å². The molecule has 11 aromatic carbocycles. The van der Waals surface area contributed by atoms with Crippen LogP contribution >= 0.6 is 0 Å². The third-order valence-corrected chi connectivity index (χ3v) is 10.6. The van der Waals surface area contributed by atoms with Crippen molar-refractivity contribution in [1.29, 1.82) is 0 Å². The molecule has 0 N–H and O–H groups in total. The van der Waals surface area contributed by atoms with Crippen molar-refractivity contribution in [3.05, 3.63) is 248 Å². The lowest BCUT2D eigenvalue weighted by atomic mass is 9.89. The predicted octanol–water partition coefficient (Wildman–Crippen LogP) is 17.0. The van der Waals surface area contributed by atoms with E-state index in [1.54, 1.807) is 60.7 Å². The van der Waals surface area contributed by atoms with Gasteiger partial charge in [-0.1, -0.05) is 206 Å². The van der Waals surface area contributed by atoms with Crippen LogP contribution in [-0.2, 0) is 0 Å². The van der Waals surface area contributed by atoms with E-state index in [-0.39, 0.29) is 16.7 Å². The summed E-state index contributed by atoms with van der Waals surface area (Å²) in [7, 11) is 0. The summed E-state index contributed by atoms with van der Waals surface area (Å²) >= 11 is 0. The van der Waals surface area contributed by atoms with Gasteiger partial charge < -0.3 is 4.90 Å². The van der Waals surface area contributed by atoms with E-state index >= 15 is 0 Å². The first-order valence-corrected chi connectivity index (χ1v) is 19.5. The second-order valence-corrected chi connectivity index (χ2v) is 14.2. The number of hydrogen-bond donors (Lipinski definition) is 0. The quantitative estimate of drug-likeness (QED) is 0.148. The van der Waals surface area contributed by atoms with Gasteiger partial charge in [0.05, 0.1) is 26.0 Å². The van der Waals surface area contributed by atoms with E-state index in [0.29, 0.717) is 32.4 Å². The number of fused-ring (bicyclic) bond motifs is 3. The highest BCUT2D eigenvalue weighted by Gasteiger charge is 2.17. The number of hydrogen-bond acceptors (Lipinski definition) is 1. The molecule has 0 saturated carbocycles. The average molecular weight is 795 g/mol. The maximum atomic E-state index is 9.86. The Morgan fingerprint density at radius 2 is 0.820 bits per heavy atom. The number of nitrogens with zero attached hydrogens (tertiary/aromatic N) is 1. The van der Waals surface area contributed by atoms with Crippen LogP contribution in [0.3, 0.4) is 0 Å². The zero-order chi connectivity index (χ0) is 57.1. The zero-order valence-electron chi connectivity index (χ0n) is 51.1. The first-order valence-electron chi connectivity index (χ1n) is 29.0. The molecular weight excluding hydrogens is 735 g/mol. The predicted molar refractivity (Wildman–Crippen MR) is 261 cm³/mol. The fourth-order valence-electron chi connectivity index (χ4n) is 7.58. The molecule has 0 fully saturated rings. The molecule has 11 aromatic rings. The number of anilines is 3. The van der Waals surface area contributed by atoms with Gasteiger partial charge in [-0.2, -0.15) is 0 Å². The molecule has 0 radical (unpaired) electrons. The topological polar surface area (TPSA) is 3.24 Å². The summed E-state index contributed by atoms with van der Waals surface area (Å²) < 4.78 is 177. The molecule has 0 amide bonds. The molecule has 0 heterocycles. The summed E-state index contributed by atoms with van der Waals surface area (Å²) in [5, 5.41) is 2.25. The summed E-state index contributed by atoms with van der Waals surface area (Å²) in [6.07, 6.45) is 0. The molecule has 0 aliphatic rings. The lowest BCUT2D eigenvalue weighted by Crippen LogP contribution is -2.09. The molecule has 0 spiro atoms. The summed E-state index contributed by atoms with van der Waals surface area (Å²) in [6.45, 7) is 0. The van der Waals surface area contributed by atoms with E-state index in [2.05, 4.69) is 0 Å². The van der Waals surface area contributed by atoms with Crippen molar-refractivity contribution < 1.29 is 26.0 Å². The Morgan fingerprint density at radius 3 is 1.54 bits per heavy atom. The van der Waals surface area contributed by atoms with E-state index in [0.717, 1.165) is 21.9 Å². The maximum absolute atomic E-state index is 9.86. The lowest BCUT2D eigenvalue weighted by Gasteiger charge is -2.26. The summed E-state index contributed by atoms with van der Waals surface area (Å²) in [4.78, 5) is 0.665. The third kappa shape index (κ3) is 6.93. The molecular formula is C60H41N. The van der Waals surface area contributed by atoms with E-state index < -0.39 is 154 Å². The highest BCUT2D eigenvalue weighted by molar-refractivity contribution is 6.04. The van der Waals surface area contributed by atoms with Gasteiger partial charge in [0.2, 0.25) is 0 Å². The molecule has 0 aliphatic carbocycles. The van der Waals surface area contributed by atoms with Gasteiger partial charge in [0.1, 0.15) is 0 Å². The first-order chi connectivity index (χ1) is 38.2. The Balaban J connectivity index is 1.20. The highest BCUT2D eigenvalue weighted by atomic mass is 15.1. The summed E-state index contributed by atoms with van der Waals surface area (Å²) in [5.74, 6) is 0. The molecule has 0 bridgehead atoms. The monoisotopic (exact) mass is 794 g/mol. The Morgan fingerprint density at radius 1 is 0.279 bits per heavy atom. The number of benzene rings is 11. The van der Waals surface area contributed by atoms with Gasteiger partial charge >= 0.3 is 0 Å². The second-order valence-electron chi connectivity index (χ2n) is 14.2. The van der Waals surface area contributed by atoms with Crippen LogP contribution in [0.25, 0.3) is 88.0 Å². The Labute approximate surface area is 383 Å². The van der Waals surface area contributed by atoms with Gasteiger partial charge in [0.15, 0.2) is 0 Å². The largest absolute Gasteiger partial charge is 0.311 e. The minimum Gasteiger partial charge on any atom is -0.311 e. The van der Waals surface area contributed by atoms with Gasteiger partial charge in [0.25, 0.3) is 0 Å². The van der Waals surface area contributed by atoms with E-state index in [1.807, 2.05) is 72.8 Å². The molecule has 1 heteroatoms. The van der Waals surface area contributed by atoms with Crippen LogP contribution in [0.5, 0.6) is 0 Å². The van der Waals surface area contributed by atoms with E-state index in [1.165, 1.54) is 0 Å². The van der Waals surface area contributed by atoms with Crippen molar-refractivity contribution in [1.82, 2.24) is 0 Å². The maximum Gasteiger partial charge on any atom is 0.0645 e. The smallest absolute Gasteiger partial charge is 0.0645 e. The lowest BCUT2D eigenvalue weighted by molar-refractivity contribution is 1.28. The fraction of sp³-hybridized carbons (Fsp3) is 0. The van der Waals surface area contributed by atoms with Gasteiger partial charge in [-0.25, -0.2) is 0 Å². The summed E-state index contributed by atoms with van der Waals surface area (Å²) in [5.41, 5.74) is -0.668. The molecule has 11 rings (SSSR count). The molecule has 0 unspecified atom stereocenters. The molecule has 0 atom stereocenters. The van der Waals surface area contributed by atoms with Gasteiger partial charge in [-0.15, -0.1) is 0 Å². The Hall–Kier alpha value is -8.00. The molecule has 0 aromatic heterocycles. The first kappa shape index (κ1) is 21.3. The highest BCUT2D eigenvalue weighted by Crippen LogP contribution is 2.42. The van der Waals surface area contributed by atoms with Crippen molar-refractivity contribution in [2.24, 2.45) is 0 Å². The Kier molecular flexibility index (Phi) is 5.46. The number of rotatable bonds is 8. The average Bonchev–Trinajstić information content (AvgIpc) is 3.56. The van der Waals surface area contributed by atoms with Crippen molar-refractivity contribution >= 4 is 49.4 Å². The Bertz CT molecular complexity index is 4370. The standard InChI is InChI=1S/C60H41N/c1-2-12-47(13-3-1)59-40-33-48-15-7-9-19-58(48)60(59)50-31-38-55(39-32-50)61(54-36-29-49(30-37-54)57-20-10-17-46-14-6-8-18-56(46)57)53-34-27-44(28-35-53)43-21-23-45(24-22-43)52-26-25-42-11-4-5-16-51(42)41-52/h1-41H/i6D,8D,10D,14D,17D,18D,20D,27D,28D,29D,30D,31D,32D,34D,35D,36D,37D,38D,39D. The van der Waals surface area contributed by atoms with Crippen LogP contribution in [-0.4, -0.2) is 0 Å². The molecule has 286 valence electrons. The third-order valence-electron chi connectivity index (χ3n) is 10.6. The van der Waals surface area contributed by atoms with Crippen LogP contribution in [0.2, 0.25) is 0 Å². The minimum atomic E-state index is -1.04. The zero-order valence-corrected chi connectivity index (χ0v) is 32.1. The minimum absolute atomic E-state index is 0.167. The van der Waals surface area contributed by atoms with Crippen LogP contribution in [0.4, 0.5) is 17.1 Å². The molecule has 61 heavy (non-hydrogen) atoms. The normalized spacial score (nSPS) is 15.6. The van der Waals surface area contributed by atoms with E-state index in [4.69, 9.17) is 9.60 Å². The van der Waals surface area contributed by atoms with E-state index in [9.17, 15) is 16.4 Å². The summed E-state index contributed by atoms with van der Waals surface area (Å²) in [6, 6.07) is 24.9. The molecule has 0 aliphatic heterocycles. The van der Waals surface area contributed by atoms with Crippen molar-refractivity contribution in [3.63, 3.8) is 0 Å². The fourth-order valence-corrected chi connectivity index (χ4v) is 7.58. The van der Waals surface area contributed by atoms with Crippen molar-refractivity contribution in [3.8, 4) is 55.6 Å². The van der Waals surface area contributed by atoms with Gasteiger partial charge in [-0.3, -0.25) is 0 Å². The van der Waals surface area contributed by atoms with Crippen LogP contribution < -0.4 is 4.90 Å². The second kappa shape index (κ2) is 15.6. The molecule has 1 nitrogen and oxygen atoms in total. The van der Waals surface area contributed by atoms with Crippen molar-refractivity contribution in [2.45, 2.75) is 0 Å². The van der Waals surface area contributed by atoms with Gasteiger partial charge in [-0.05, 0) is 130 Å². The van der Waals surface area contributed by atoms with Crippen molar-refractivity contribution in [2.75, 3.05) is 4.90 Å². The van der Waals surface area contributed by atoms with Gasteiger partial charge in [0, 0.05) is 17.1 Å². The van der Waals surface area contributed by atoms with Crippen LogP contribution in [0, 0.1) is 0 Å². The SMILES string of the molecule is [2H]c1c([2H])c(N(c2c([2H])c([2H])c(-c3c(-c4ccccc4)ccc4ccccc34)c([2H])c2[2H])c2c([2H])c([2H])c(-c3c([2H])c([2H])c([2H])c4c([2H])c([2H])c([2H])c([2H])c34)c([2H])c2[2H])c([2H])c([2H])c1-c1ccc(-c2ccc3ccccc3c2)cc1.